The molecule has 2 aromatic rings. The van der Waals surface area contributed by atoms with Crippen molar-refractivity contribution in [1.29, 1.82) is 0 Å². The van der Waals surface area contributed by atoms with Gasteiger partial charge in [-0.15, -0.1) is 23.2 Å². The SMILES string of the molecule is Clc1ccccc1C(c1ccc(I)cc1)C(Cl)Cl. The minimum atomic E-state index is -0.537. The first-order valence-electron chi connectivity index (χ1n) is 5.37. The standard InChI is InChI=1S/C14H10Cl3I/c15-12-4-2-1-3-11(12)13(14(16)17)9-5-7-10(18)8-6-9/h1-8,13-14H. The molecule has 0 saturated heterocycles. The molecule has 0 heterocycles. The summed E-state index contributed by atoms with van der Waals surface area (Å²) >= 11 is 20.8. The number of benzene rings is 2. The van der Waals surface area contributed by atoms with E-state index in [2.05, 4.69) is 22.6 Å². The van der Waals surface area contributed by atoms with Crippen molar-refractivity contribution in [2.45, 2.75) is 10.8 Å². The summed E-state index contributed by atoms with van der Waals surface area (Å²) in [6.07, 6.45) is 0. The molecule has 4 heteroatoms. The molecule has 1 unspecified atom stereocenters. The third-order valence-electron chi connectivity index (χ3n) is 2.72. The van der Waals surface area contributed by atoms with Gasteiger partial charge in [-0.2, -0.15) is 0 Å². The van der Waals surface area contributed by atoms with Crippen molar-refractivity contribution in [2.24, 2.45) is 0 Å². The first-order chi connectivity index (χ1) is 8.59. The quantitative estimate of drug-likeness (QED) is 0.437. The number of rotatable bonds is 3. The van der Waals surface area contributed by atoms with Gasteiger partial charge in [0.1, 0.15) is 4.84 Å². The van der Waals surface area contributed by atoms with Gasteiger partial charge in [-0.25, -0.2) is 0 Å². The molecule has 0 amide bonds. The lowest BCUT2D eigenvalue weighted by atomic mass is 9.93. The maximum atomic E-state index is 6.23. The van der Waals surface area contributed by atoms with E-state index in [1.807, 2.05) is 48.5 Å². The lowest BCUT2D eigenvalue weighted by Crippen LogP contribution is -2.09. The van der Waals surface area contributed by atoms with Crippen LogP contribution < -0.4 is 0 Å². The van der Waals surface area contributed by atoms with Crippen LogP contribution in [0.3, 0.4) is 0 Å². The predicted molar refractivity (Wildman–Crippen MR) is 87.9 cm³/mol. The average Bonchev–Trinajstić information content (AvgIpc) is 2.34. The van der Waals surface area contributed by atoms with E-state index < -0.39 is 4.84 Å². The Bertz CT molecular complexity index is 523. The summed E-state index contributed by atoms with van der Waals surface area (Å²) in [4.78, 5) is -0.537. The Morgan fingerprint density at radius 3 is 2.06 bits per heavy atom. The van der Waals surface area contributed by atoms with Crippen molar-refractivity contribution < 1.29 is 0 Å². The average molecular weight is 411 g/mol. The molecule has 0 saturated carbocycles. The zero-order valence-electron chi connectivity index (χ0n) is 9.29. The molecule has 94 valence electrons. The Hall–Kier alpha value is 0.0400. The first kappa shape index (κ1) is 14.4. The van der Waals surface area contributed by atoms with Crippen molar-refractivity contribution in [3.8, 4) is 0 Å². The summed E-state index contributed by atoms with van der Waals surface area (Å²) in [5.41, 5.74) is 2.02. The molecule has 0 aromatic heterocycles. The molecular formula is C14H10Cl3I. The van der Waals surface area contributed by atoms with Gasteiger partial charge in [0, 0.05) is 14.5 Å². The largest absolute Gasteiger partial charge is 0.118 e. The molecule has 0 bridgehead atoms. The summed E-state index contributed by atoms with van der Waals surface area (Å²) in [5.74, 6) is -0.112. The second kappa shape index (κ2) is 6.47. The molecule has 0 aliphatic heterocycles. The van der Waals surface area contributed by atoms with E-state index in [4.69, 9.17) is 34.8 Å². The highest BCUT2D eigenvalue weighted by atomic mass is 127. The second-order valence-electron chi connectivity index (χ2n) is 3.89. The molecule has 18 heavy (non-hydrogen) atoms. The number of hydrogen-bond acceptors (Lipinski definition) is 0. The van der Waals surface area contributed by atoms with Gasteiger partial charge in [0.2, 0.25) is 0 Å². The minimum absolute atomic E-state index is 0.112. The van der Waals surface area contributed by atoms with E-state index in [1.165, 1.54) is 3.57 Å². The van der Waals surface area contributed by atoms with Crippen LogP contribution in [0.2, 0.25) is 5.02 Å². The smallest absolute Gasteiger partial charge is 0.104 e. The van der Waals surface area contributed by atoms with Crippen molar-refractivity contribution in [2.75, 3.05) is 0 Å². The minimum Gasteiger partial charge on any atom is -0.104 e. The molecule has 0 N–H and O–H groups in total. The highest BCUT2D eigenvalue weighted by Crippen LogP contribution is 2.37. The van der Waals surface area contributed by atoms with Crippen LogP contribution >= 0.6 is 57.4 Å². The van der Waals surface area contributed by atoms with E-state index >= 15 is 0 Å². The molecule has 0 nitrogen and oxygen atoms in total. The number of halogens is 4. The summed E-state index contributed by atoms with van der Waals surface area (Å²) in [5, 5.41) is 0.687. The molecule has 2 aromatic carbocycles. The van der Waals surface area contributed by atoms with Gasteiger partial charge in [-0.1, -0.05) is 41.9 Å². The maximum Gasteiger partial charge on any atom is 0.118 e. The van der Waals surface area contributed by atoms with Crippen LogP contribution in [0.25, 0.3) is 0 Å². The molecule has 0 spiro atoms. The molecule has 0 fully saturated rings. The monoisotopic (exact) mass is 410 g/mol. The van der Waals surface area contributed by atoms with Crippen LogP contribution in [0.15, 0.2) is 48.5 Å². The highest BCUT2D eigenvalue weighted by Gasteiger charge is 2.23. The first-order valence-corrected chi connectivity index (χ1v) is 7.70. The van der Waals surface area contributed by atoms with E-state index in [0.29, 0.717) is 5.02 Å². The molecule has 0 aliphatic rings. The summed E-state index contributed by atoms with van der Waals surface area (Å²) < 4.78 is 1.18. The van der Waals surface area contributed by atoms with Crippen LogP contribution in [-0.2, 0) is 0 Å². The fraction of sp³-hybridized carbons (Fsp3) is 0.143. The van der Waals surface area contributed by atoms with Crippen LogP contribution in [-0.4, -0.2) is 4.84 Å². The van der Waals surface area contributed by atoms with E-state index in [1.54, 1.807) is 0 Å². The van der Waals surface area contributed by atoms with Crippen LogP contribution in [0.1, 0.15) is 17.0 Å². The summed E-state index contributed by atoms with van der Waals surface area (Å²) in [7, 11) is 0. The molecule has 0 aliphatic carbocycles. The van der Waals surface area contributed by atoms with E-state index in [-0.39, 0.29) is 5.92 Å². The fourth-order valence-electron chi connectivity index (χ4n) is 1.86. The summed E-state index contributed by atoms with van der Waals surface area (Å²) in [6, 6.07) is 15.8. The molecule has 1 atom stereocenters. The van der Waals surface area contributed by atoms with Gasteiger partial charge in [-0.05, 0) is 51.9 Å². The third kappa shape index (κ3) is 3.32. The fourth-order valence-corrected chi connectivity index (χ4v) is 3.03. The van der Waals surface area contributed by atoms with Crippen molar-refractivity contribution in [3.05, 3.63) is 68.3 Å². The summed E-state index contributed by atoms with van der Waals surface area (Å²) in [6.45, 7) is 0. The Balaban J connectivity index is 2.47. The molecule has 2 rings (SSSR count). The van der Waals surface area contributed by atoms with Gasteiger partial charge < -0.3 is 0 Å². The second-order valence-corrected chi connectivity index (χ2v) is 6.70. The van der Waals surface area contributed by atoms with Gasteiger partial charge >= 0.3 is 0 Å². The number of alkyl halides is 2. The topological polar surface area (TPSA) is 0 Å². The van der Waals surface area contributed by atoms with Gasteiger partial charge in [0.05, 0.1) is 0 Å². The maximum absolute atomic E-state index is 6.23. The van der Waals surface area contributed by atoms with Crippen LogP contribution in [0.4, 0.5) is 0 Å². The van der Waals surface area contributed by atoms with Crippen molar-refractivity contribution in [1.82, 2.24) is 0 Å². The Morgan fingerprint density at radius 1 is 0.889 bits per heavy atom. The predicted octanol–water partition coefficient (Wildman–Crippen LogP) is 5.88. The lowest BCUT2D eigenvalue weighted by Gasteiger charge is -2.20. The van der Waals surface area contributed by atoms with Crippen molar-refractivity contribution >= 4 is 57.4 Å². The molecular weight excluding hydrogens is 401 g/mol. The van der Waals surface area contributed by atoms with Gasteiger partial charge in [-0.3, -0.25) is 0 Å². The van der Waals surface area contributed by atoms with Crippen molar-refractivity contribution in [3.63, 3.8) is 0 Å². The zero-order chi connectivity index (χ0) is 13.1. The Labute approximate surface area is 135 Å². The Kier molecular flexibility index (Phi) is 5.19. The normalized spacial score (nSPS) is 12.7. The van der Waals surface area contributed by atoms with E-state index in [9.17, 15) is 0 Å². The van der Waals surface area contributed by atoms with Crippen LogP contribution in [0.5, 0.6) is 0 Å². The van der Waals surface area contributed by atoms with Crippen LogP contribution in [0, 0.1) is 3.57 Å². The van der Waals surface area contributed by atoms with E-state index in [0.717, 1.165) is 11.1 Å². The highest BCUT2D eigenvalue weighted by molar-refractivity contribution is 14.1. The Morgan fingerprint density at radius 2 is 1.50 bits per heavy atom. The third-order valence-corrected chi connectivity index (χ3v) is 4.29. The van der Waals surface area contributed by atoms with Gasteiger partial charge in [0.15, 0.2) is 0 Å². The zero-order valence-corrected chi connectivity index (χ0v) is 13.7. The lowest BCUT2D eigenvalue weighted by molar-refractivity contribution is 0.887. The number of hydrogen-bond donors (Lipinski definition) is 0. The van der Waals surface area contributed by atoms with Gasteiger partial charge in [0.25, 0.3) is 0 Å². The molecule has 0 radical (unpaired) electrons.